The topological polar surface area (TPSA) is 53.6 Å². The summed E-state index contributed by atoms with van der Waals surface area (Å²) >= 11 is 0. The smallest absolute Gasteiger partial charge is 0.147 e. The van der Waals surface area contributed by atoms with E-state index in [1.165, 1.54) is 6.07 Å². The van der Waals surface area contributed by atoms with Gasteiger partial charge in [-0.1, -0.05) is 12.1 Å². The highest BCUT2D eigenvalue weighted by Crippen LogP contribution is 2.16. The van der Waals surface area contributed by atoms with E-state index in [2.05, 4.69) is 14.9 Å². The van der Waals surface area contributed by atoms with Crippen molar-refractivity contribution < 1.29 is 4.39 Å². The lowest BCUT2D eigenvalue weighted by atomic mass is 10.2. The molecule has 0 fully saturated rings. The Bertz CT molecular complexity index is 832. The number of nitrogens with zero attached hydrogens (tertiary/aromatic N) is 3. The van der Waals surface area contributed by atoms with E-state index in [0.717, 1.165) is 24.0 Å². The van der Waals surface area contributed by atoms with E-state index in [-0.39, 0.29) is 0 Å². The number of imidazole rings is 1. The van der Waals surface area contributed by atoms with E-state index in [9.17, 15) is 4.39 Å². The van der Waals surface area contributed by atoms with Gasteiger partial charge in [-0.2, -0.15) is 5.26 Å². The van der Waals surface area contributed by atoms with Gasteiger partial charge in [-0.15, -0.1) is 0 Å². The Hall–Kier alpha value is -2.87. The Kier molecular flexibility index (Phi) is 4.01. The largest absolute Gasteiger partial charge is 0.383 e. The normalized spacial score (nSPS) is 10.5. The predicted molar refractivity (Wildman–Crippen MR) is 84.0 cm³/mol. The highest BCUT2D eigenvalue weighted by Gasteiger charge is 2.04. The molecular weight excluding hydrogens is 279 g/mol. The zero-order valence-corrected chi connectivity index (χ0v) is 12.0. The molecule has 0 aliphatic heterocycles. The van der Waals surface area contributed by atoms with Gasteiger partial charge in [0.2, 0.25) is 0 Å². The van der Waals surface area contributed by atoms with Crippen LogP contribution in [0.4, 0.5) is 10.1 Å². The molecule has 22 heavy (non-hydrogen) atoms. The molecule has 0 amide bonds. The summed E-state index contributed by atoms with van der Waals surface area (Å²) in [7, 11) is 0. The number of nitrogens with one attached hydrogen (secondary N) is 1. The van der Waals surface area contributed by atoms with Crippen LogP contribution in [0.15, 0.2) is 48.8 Å². The summed E-state index contributed by atoms with van der Waals surface area (Å²) in [5.74, 6) is -0.396. The number of para-hydroxylation sites is 2. The average molecular weight is 294 g/mol. The summed E-state index contributed by atoms with van der Waals surface area (Å²) in [6, 6.07) is 14.3. The van der Waals surface area contributed by atoms with Gasteiger partial charge in [0.15, 0.2) is 0 Å². The number of fused-ring (bicyclic) bond motifs is 1. The molecule has 0 aliphatic carbocycles. The van der Waals surface area contributed by atoms with Crippen LogP contribution in [0.2, 0.25) is 0 Å². The Balaban J connectivity index is 1.57. The first kappa shape index (κ1) is 14.1. The van der Waals surface area contributed by atoms with Gasteiger partial charge in [0.25, 0.3) is 0 Å². The molecule has 0 unspecified atom stereocenters. The molecule has 1 heterocycles. The van der Waals surface area contributed by atoms with Crippen molar-refractivity contribution in [3.63, 3.8) is 0 Å². The zero-order valence-electron chi connectivity index (χ0n) is 12.0. The highest BCUT2D eigenvalue weighted by atomic mass is 19.1. The summed E-state index contributed by atoms with van der Waals surface area (Å²) in [5.41, 5.74) is 2.84. The number of nitriles is 1. The minimum atomic E-state index is -0.396. The Morgan fingerprint density at radius 3 is 2.91 bits per heavy atom. The van der Waals surface area contributed by atoms with Crippen molar-refractivity contribution >= 4 is 16.7 Å². The molecule has 0 aliphatic rings. The molecule has 0 radical (unpaired) electrons. The molecule has 0 saturated carbocycles. The standard InChI is InChI=1S/C17H15FN4/c18-14-10-13(11-19)6-7-15(14)20-8-3-9-22-12-21-16-4-1-2-5-17(16)22/h1-2,4-7,10,12,20H,3,8-9H2. The third-order valence-corrected chi connectivity index (χ3v) is 3.52. The molecule has 4 nitrogen and oxygen atoms in total. The molecule has 5 heteroatoms. The molecule has 1 aromatic heterocycles. The summed E-state index contributed by atoms with van der Waals surface area (Å²) < 4.78 is 15.8. The zero-order chi connectivity index (χ0) is 15.4. The third kappa shape index (κ3) is 2.91. The number of aryl methyl sites for hydroxylation is 1. The molecule has 110 valence electrons. The van der Waals surface area contributed by atoms with E-state index < -0.39 is 5.82 Å². The number of halogens is 1. The summed E-state index contributed by atoms with van der Waals surface area (Å²) in [4.78, 5) is 4.34. The maximum Gasteiger partial charge on any atom is 0.147 e. The monoisotopic (exact) mass is 294 g/mol. The number of hydrogen-bond acceptors (Lipinski definition) is 3. The van der Waals surface area contributed by atoms with E-state index in [1.54, 1.807) is 12.1 Å². The average Bonchev–Trinajstić information content (AvgIpc) is 2.96. The predicted octanol–water partition coefficient (Wildman–Crippen LogP) is 3.55. The third-order valence-electron chi connectivity index (χ3n) is 3.52. The Morgan fingerprint density at radius 1 is 1.23 bits per heavy atom. The fraction of sp³-hybridized carbons (Fsp3) is 0.176. The summed E-state index contributed by atoms with van der Waals surface area (Å²) in [5, 5.41) is 11.8. The lowest BCUT2D eigenvalue weighted by Gasteiger charge is -2.08. The van der Waals surface area contributed by atoms with Gasteiger partial charge in [-0.05, 0) is 36.8 Å². The minimum absolute atomic E-state index is 0.327. The molecular formula is C17H15FN4. The molecule has 1 N–H and O–H groups in total. The van der Waals surface area contributed by atoms with Crippen LogP contribution in [0.3, 0.4) is 0 Å². The molecule has 0 saturated heterocycles. The fourth-order valence-electron chi connectivity index (χ4n) is 2.39. The van der Waals surface area contributed by atoms with Crippen molar-refractivity contribution in [2.24, 2.45) is 0 Å². The van der Waals surface area contributed by atoms with E-state index in [0.29, 0.717) is 17.8 Å². The van der Waals surface area contributed by atoms with Crippen LogP contribution < -0.4 is 5.32 Å². The maximum atomic E-state index is 13.7. The van der Waals surface area contributed by atoms with Crippen LogP contribution in [0.5, 0.6) is 0 Å². The maximum absolute atomic E-state index is 13.7. The minimum Gasteiger partial charge on any atom is -0.383 e. The van der Waals surface area contributed by atoms with Gasteiger partial charge >= 0.3 is 0 Å². The fourth-order valence-corrected chi connectivity index (χ4v) is 2.39. The first-order chi connectivity index (χ1) is 10.8. The van der Waals surface area contributed by atoms with Gasteiger partial charge in [0.05, 0.1) is 34.7 Å². The summed E-state index contributed by atoms with van der Waals surface area (Å²) in [6.07, 6.45) is 2.67. The van der Waals surface area contributed by atoms with Crippen LogP contribution in [0.1, 0.15) is 12.0 Å². The van der Waals surface area contributed by atoms with E-state index in [4.69, 9.17) is 5.26 Å². The van der Waals surface area contributed by atoms with E-state index >= 15 is 0 Å². The Morgan fingerprint density at radius 2 is 2.09 bits per heavy atom. The van der Waals surface area contributed by atoms with Crippen LogP contribution in [0, 0.1) is 17.1 Å². The van der Waals surface area contributed by atoms with Crippen molar-refractivity contribution in [1.29, 1.82) is 5.26 Å². The van der Waals surface area contributed by atoms with Crippen molar-refractivity contribution in [1.82, 2.24) is 9.55 Å². The van der Waals surface area contributed by atoms with Gasteiger partial charge in [0.1, 0.15) is 5.82 Å². The lowest BCUT2D eigenvalue weighted by molar-refractivity contribution is 0.626. The van der Waals surface area contributed by atoms with Crippen LogP contribution >= 0.6 is 0 Å². The van der Waals surface area contributed by atoms with Crippen molar-refractivity contribution in [3.8, 4) is 6.07 Å². The number of rotatable bonds is 5. The van der Waals surface area contributed by atoms with Gasteiger partial charge in [0, 0.05) is 13.1 Å². The number of aromatic nitrogens is 2. The molecule has 3 rings (SSSR count). The first-order valence-corrected chi connectivity index (χ1v) is 7.11. The van der Waals surface area contributed by atoms with Crippen LogP contribution in [-0.4, -0.2) is 16.1 Å². The van der Waals surface area contributed by atoms with Gasteiger partial charge < -0.3 is 9.88 Å². The highest BCUT2D eigenvalue weighted by molar-refractivity contribution is 5.74. The SMILES string of the molecule is N#Cc1ccc(NCCCn2cnc3ccccc32)c(F)c1. The number of anilines is 1. The van der Waals surface area contributed by atoms with Gasteiger partial charge in [-0.3, -0.25) is 0 Å². The van der Waals surface area contributed by atoms with Crippen LogP contribution in [-0.2, 0) is 6.54 Å². The van der Waals surface area contributed by atoms with Crippen molar-refractivity contribution in [2.45, 2.75) is 13.0 Å². The number of benzene rings is 2. The first-order valence-electron chi connectivity index (χ1n) is 7.11. The van der Waals surface area contributed by atoms with Crippen LogP contribution in [0.25, 0.3) is 11.0 Å². The second-order valence-electron chi connectivity index (χ2n) is 5.01. The molecule has 0 spiro atoms. The van der Waals surface area contributed by atoms with Gasteiger partial charge in [-0.25, -0.2) is 9.37 Å². The molecule has 0 bridgehead atoms. The van der Waals surface area contributed by atoms with Crippen molar-refractivity contribution in [3.05, 3.63) is 60.2 Å². The van der Waals surface area contributed by atoms with Crippen molar-refractivity contribution in [2.75, 3.05) is 11.9 Å². The Labute approximate surface area is 127 Å². The second kappa shape index (κ2) is 6.27. The molecule has 3 aromatic rings. The second-order valence-corrected chi connectivity index (χ2v) is 5.01. The molecule has 0 atom stereocenters. The lowest BCUT2D eigenvalue weighted by Crippen LogP contribution is -2.07. The summed E-state index contributed by atoms with van der Waals surface area (Å²) in [6.45, 7) is 1.46. The number of hydrogen-bond donors (Lipinski definition) is 1. The molecule has 2 aromatic carbocycles. The quantitative estimate of drug-likeness (QED) is 0.732. The van der Waals surface area contributed by atoms with E-state index in [1.807, 2.05) is 36.7 Å².